The lowest BCUT2D eigenvalue weighted by atomic mass is 10.1. The van der Waals surface area contributed by atoms with E-state index in [9.17, 15) is 9.50 Å². The number of aromatic hydroxyl groups is 1. The van der Waals surface area contributed by atoms with E-state index in [0.29, 0.717) is 26.8 Å². The summed E-state index contributed by atoms with van der Waals surface area (Å²) < 4.78 is 14.2. The molecule has 0 fully saturated rings. The van der Waals surface area contributed by atoms with Crippen LogP contribution in [0.4, 0.5) is 16.0 Å². The highest BCUT2D eigenvalue weighted by molar-refractivity contribution is 6.42. The molecule has 0 unspecified atom stereocenters. The van der Waals surface area contributed by atoms with Gasteiger partial charge in [0.05, 0.1) is 20.9 Å². The Morgan fingerprint density at radius 3 is 2.47 bits per heavy atom. The molecule has 0 spiro atoms. The van der Waals surface area contributed by atoms with Crippen LogP contribution in [0.3, 0.4) is 0 Å². The number of aromatic nitrogens is 2. The second kappa shape index (κ2) is 8.30. The summed E-state index contributed by atoms with van der Waals surface area (Å²) in [4.78, 5) is 8.51. The van der Waals surface area contributed by atoms with Gasteiger partial charge in [0.1, 0.15) is 5.82 Å². The van der Waals surface area contributed by atoms with E-state index in [1.54, 1.807) is 24.3 Å². The van der Waals surface area contributed by atoms with E-state index in [1.807, 2.05) is 37.3 Å². The molecule has 1 aromatic heterocycles. The summed E-state index contributed by atoms with van der Waals surface area (Å²) in [6, 6.07) is 15.4. The normalized spacial score (nSPS) is 11.3. The summed E-state index contributed by atoms with van der Waals surface area (Å²) in [7, 11) is 0. The summed E-state index contributed by atoms with van der Waals surface area (Å²) in [5.74, 6) is -0.667. The molecule has 0 saturated heterocycles. The standard InChI is InChI=1S/C23H16Cl2FN3O/c1-13-4-2-3-5-14(13)6-7-15-10-16(26)11-18-21(15)28-23(29-22(18)30)27-17-8-9-19(24)20(25)12-17/h2-12H,1H3,(H2,27,28,29,30)/b7-6+. The number of halogens is 3. The SMILES string of the molecule is Cc1ccccc1/C=C/c1cc(F)cc2c(O)nc(Nc3ccc(Cl)c(Cl)c3)nc12. The number of anilines is 2. The second-order valence-electron chi connectivity index (χ2n) is 6.71. The van der Waals surface area contributed by atoms with E-state index in [2.05, 4.69) is 15.3 Å². The maximum atomic E-state index is 14.2. The van der Waals surface area contributed by atoms with Crippen LogP contribution in [0.25, 0.3) is 23.1 Å². The number of rotatable bonds is 4. The highest BCUT2D eigenvalue weighted by Crippen LogP contribution is 2.31. The zero-order valence-corrected chi connectivity index (χ0v) is 17.3. The third-order valence-electron chi connectivity index (χ3n) is 4.58. The Balaban J connectivity index is 1.78. The van der Waals surface area contributed by atoms with E-state index in [0.717, 1.165) is 11.1 Å². The zero-order chi connectivity index (χ0) is 21.3. The molecule has 2 N–H and O–H groups in total. The average Bonchev–Trinajstić information content (AvgIpc) is 2.71. The number of hydrogen-bond donors (Lipinski definition) is 2. The maximum absolute atomic E-state index is 14.2. The Hall–Kier alpha value is -3.15. The molecule has 30 heavy (non-hydrogen) atoms. The van der Waals surface area contributed by atoms with Crippen LogP contribution in [0.15, 0.2) is 54.6 Å². The van der Waals surface area contributed by atoms with E-state index >= 15 is 0 Å². The Kier molecular flexibility index (Phi) is 5.57. The first kappa shape index (κ1) is 20.1. The van der Waals surface area contributed by atoms with Crippen molar-refractivity contribution in [1.29, 1.82) is 0 Å². The summed E-state index contributed by atoms with van der Waals surface area (Å²) in [6.45, 7) is 2.00. The van der Waals surface area contributed by atoms with Crippen LogP contribution in [-0.4, -0.2) is 15.1 Å². The Bertz CT molecular complexity index is 1290. The summed E-state index contributed by atoms with van der Waals surface area (Å²) in [6.07, 6.45) is 3.65. The van der Waals surface area contributed by atoms with Crippen molar-refractivity contribution in [3.05, 3.63) is 87.2 Å². The predicted octanol–water partition coefficient (Wildman–Crippen LogP) is 7.00. The predicted molar refractivity (Wildman–Crippen MR) is 121 cm³/mol. The van der Waals surface area contributed by atoms with Crippen molar-refractivity contribution >= 4 is 57.9 Å². The van der Waals surface area contributed by atoms with Crippen LogP contribution in [0, 0.1) is 12.7 Å². The molecule has 3 aromatic carbocycles. The number of fused-ring (bicyclic) bond motifs is 1. The number of nitrogens with zero attached hydrogens (tertiary/aromatic N) is 2. The highest BCUT2D eigenvalue weighted by atomic mass is 35.5. The molecule has 0 aliphatic rings. The third-order valence-corrected chi connectivity index (χ3v) is 5.32. The fourth-order valence-electron chi connectivity index (χ4n) is 3.05. The lowest BCUT2D eigenvalue weighted by Gasteiger charge is -2.10. The van der Waals surface area contributed by atoms with Gasteiger partial charge in [-0.25, -0.2) is 9.37 Å². The molecule has 0 aliphatic carbocycles. The van der Waals surface area contributed by atoms with Crippen molar-refractivity contribution in [1.82, 2.24) is 9.97 Å². The lowest BCUT2D eigenvalue weighted by molar-refractivity contribution is 0.460. The molecule has 0 saturated carbocycles. The van der Waals surface area contributed by atoms with Crippen molar-refractivity contribution < 1.29 is 9.50 Å². The van der Waals surface area contributed by atoms with Crippen LogP contribution >= 0.6 is 23.2 Å². The maximum Gasteiger partial charge on any atom is 0.231 e. The number of benzene rings is 3. The monoisotopic (exact) mass is 439 g/mol. The van der Waals surface area contributed by atoms with E-state index in [1.165, 1.54) is 12.1 Å². The Labute approximate surface area is 182 Å². The number of aryl methyl sites for hydroxylation is 1. The van der Waals surface area contributed by atoms with Crippen molar-refractivity contribution in [3.8, 4) is 5.88 Å². The summed E-state index contributed by atoms with van der Waals surface area (Å²) in [5, 5.41) is 14.4. The first-order valence-electron chi connectivity index (χ1n) is 9.07. The fraction of sp³-hybridized carbons (Fsp3) is 0.0435. The van der Waals surface area contributed by atoms with Crippen molar-refractivity contribution in [2.45, 2.75) is 6.92 Å². The smallest absolute Gasteiger partial charge is 0.231 e. The van der Waals surface area contributed by atoms with Crippen LogP contribution in [0.1, 0.15) is 16.7 Å². The van der Waals surface area contributed by atoms with Gasteiger partial charge in [0, 0.05) is 11.3 Å². The van der Waals surface area contributed by atoms with Crippen molar-refractivity contribution in [2.24, 2.45) is 0 Å². The van der Waals surface area contributed by atoms with Crippen molar-refractivity contribution in [3.63, 3.8) is 0 Å². The molecule has 4 rings (SSSR count). The van der Waals surface area contributed by atoms with Crippen molar-refractivity contribution in [2.75, 3.05) is 5.32 Å². The van der Waals surface area contributed by atoms with Gasteiger partial charge in [-0.1, -0.05) is 59.6 Å². The molecular formula is C23H16Cl2FN3O. The quantitative estimate of drug-likeness (QED) is 0.336. The minimum atomic E-state index is -0.490. The largest absolute Gasteiger partial charge is 0.493 e. The van der Waals surface area contributed by atoms with E-state index < -0.39 is 5.82 Å². The average molecular weight is 440 g/mol. The van der Waals surface area contributed by atoms with Gasteiger partial charge in [-0.15, -0.1) is 0 Å². The molecule has 7 heteroatoms. The van der Waals surface area contributed by atoms with Crippen LogP contribution in [0.2, 0.25) is 10.0 Å². The first-order valence-corrected chi connectivity index (χ1v) is 9.82. The van der Waals surface area contributed by atoms with E-state index in [-0.39, 0.29) is 17.2 Å². The first-order chi connectivity index (χ1) is 14.4. The van der Waals surface area contributed by atoms with Gasteiger partial charge in [0.25, 0.3) is 0 Å². The topological polar surface area (TPSA) is 58.0 Å². The van der Waals surface area contributed by atoms with E-state index in [4.69, 9.17) is 23.2 Å². The third kappa shape index (κ3) is 4.22. The Morgan fingerprint density at radius 1 is 0.933 bits per heavy atom. The van der Waals surface area contributed by atoms with Gasteiger partial charge in [-0.3, -0.25) is 0 Å². The molecule has 0 bridgehead atoms. The Morgan fingerprint density at radius 2 is 1.70 bits per heavy atom. The van der Waals surface area contributed by atoms with Crippen LogP contribution in [0.5, 0.6) is 5.88 Å². The molecule has 1 heterocycles. The van der Waals surface area contributed by atoms with Gasteiger partial charge in [0.2, 0.25) is 11.8 Å². The molecule has 150 valence electrons. The minimum Gasteiger partial charge on any atom is -0.493 e. The van der Waals surface area contributed by atoms with Crippen LogP contribution < -0.4 is 5.32 Å². The van der Waals surface area contributed by atoms with Gasteiger partial charge < -0.3 is 10.4 Å². The fourth-order valence-corrected chi connectivity index (χ4v) is 3.34. The molecular weight excluding hydrogens is 424 g/mol. The second-order valence-corrected chi connectivity index (χ2v) is 7.52. The van der Waals surface area contributed by atoms with Crippen LogP contribution in [-0.2, 0) is 0 Å². The highest BCUT2D eigenvalue weighted by Gasteiger charge is 2.12. The molecule has 0 amide bonds. The van der Waals surface area contributed by atoms with Gasteiger partial charge in [0.15, 0.2) is 0 Å². The van der Waals surface area contributed by atoms with Gasteiger partial charge in [-0.2, -0.15) is 4.98 Å². The number of nitrogens with one attached hydrogen (secondary N) is 1. The summed E-state index contributed by atoms with van der Waals surface area (Å²) >= 11 is 12.0. The lowest BCUT2D eigenvalue weighted by Crippen LogP contribution is -1.99. The molecule has 4 aromatic rings. The van der Waals surface area contributed by atoms with Gasteiger partial charge >= 0.3 is 0 Å². The molecule has 0 atom stereocenters. The van der Waals surface area contributed by atoms with Gasteiger partial charge in [-0.05, 0) is 48.4 Å². The zero-order valence-electron chi connectivity index (χ0n) is 15.8. The minimum absolute atomic E-state index is 0.149. The molecule has 0 radical (unpaired) electrons. The number of hydrogen-bond acceptors (Lipinski definition) is 4. The summed E-state index contributed by atoms with van der Waals surface area (Å²) in [5.41, 5.74) is 3.62. The molecule has 4 nitrogen and oxygen atoms in total. The molecule has 0 aliphatic heterocycles.